The van der Waals surface area contributed by atoms with Gasteiger partial charge in [0.1, 0.15) is 0 Å². The minimum absolute atomic E-state index is 1.02. The summed E-state index contributed by atoms with van der Waals surface area (Å²) >= 11 is 0. The second kappa shape index (κ2) is 20.8. The van der Waals surface area contributed by atoms with Crippen molar-refractivity contribution in [2.45, 2.75) is 104 Å². The number of para-hydroxylation sites is 1. The number of unbranched alkanes of at least 4 members (excludes halogenated alkanes) is 10. The van der Waals surface area contributed by atoms with Crippen LogP contribution in [-0.2, 0) is 13.1 Å². The summed E-state index contributed by atoms with van der Waals surface area (Å²) in [5.41, 5.74) is 19.0. The fourth-order valence-electron chi connectivity index (χ4n) is 12.0. The van der Waals surface area contributed by atoms with E-state index in [1.54, 1.807) is 0 Å². The molecule has 3 heteroatoms. The number of rotatable bonds is 19. The molecule has 3 heterocycles. The Morgan fingerprint density at radius 3 is 1.03 bits per heavy atom. The Balaban J connectivity index is 0.975. The summed E-state index contributed by atoms with van der Waals surface area (Å²) in [5.74, 6) is 0. The molecule has 0 spiro atoms. The Labute approximate surface area is 431 Å². The molecule has 12 rings (SSSR count). The van der Waals surface area contributed by atoms with E-state index in [0.29, 0.717) is 0 Å². The van der Waals surface area contributed by atoms with E-state index in [4.69, 9.17) is 0 Å². The zero-order chi connectivity index (χ0) is 49.1. The molecule has 0 radical (unpaired) electrons. The predicted octanol–water partition coefficient (Wildman–Crippen LogP) is 20.4. The molecule has 0 aliphatic carbocycles. The molecule has 0 atom stereocenters. The van der Waals surface area contributed by atoms with Gasteiger partial charge >= 0.3 is 0 Å². The van der Waals surface area contributed by atoms with Crippen LogP contribution < -0.4 is 0 Å². The molecule has 73 heavy (non-hydrogen) atoms. The van der Waals surface area contributed by atoms with Gasteiger partial charge in [0.2, 0.25) is 0 Å². The average molecular weight is 950 g/mol. The van der Waals surface area contributed by atoms with Crippen molar-refractivity contribution in [1.82, 2.24) is 13.7 Å². The summed E-state index contributed by atoms with van der Waals surface area (Å²) < 4.78 is 7.68. The summed E-state index contributed by atoms with van der Waals surface area (Å²) in [7, 11) is 0. The number of hydrogen-bond donors (Lipinski definition) is 0. The average Bonchev–Trinajstić information content (AvgIpc) is 4.06. The molecule has 9 aromatic carbocycles. The van der Waals surface area contributed by atoms with Crippen molar-refractivity contribution in [3.05, 3.63) is 200 Å². The first-order valence-electron chi connectivity index (χ1n) is 27.5. The molecule has 0 amide bonds. The zero-order valence-electron chi connectivity index (χ0n) is 42.8. The predicted molar refractivity (Wildman–Crippen MR) is 315 cm³/mol. The Hall–Kier alpha value is -7.62. The Kier molecular flexibility index (Phi) is 13.3. The second-order valence-electron chi connectivity index (χ2n) is 20.6. The quantitative estimate of drug-likeness (QED) is 0.0718. The monoisotopic (exact) mass is 950 g/mol. The summed E-state index contributed by atoms with van der Waals surface area (Å²) in [4.78, 5) is 0. The third-order valence-electron chi connectivity index (χ3n) is 15.9. The van der Waals surface area contributed by atoms with Crippen LogP contribution in [0.5, 0.6) is 0 Å². The van der Waals surface area contributed by atoms with E-state index >= 15 is 0 Å². The van der Waals surface area contributed by atoms with Gasteiger partial charge in [-0.05, 0) is 130 Å². The zero-order valence-corrected chi connectivity index (χ0v) is 42.8. The number of aromatic nitrogens is 3. The van der Waals surface area contributed by atoms with Crippen LogP contribution in [-0.4, -0.2) is 13.7 Å². The van der Waals surface area contributed by atoms with Crippen molar-refractivity contribution in [1.29, 1.82) is 0 Å². The lowest BCUT2D eigenvalue weighted by Crippen LogP contribution is -1.98. The van der Waals surface area contributed by atoms with Crippen molar-refractivity contribution in [2.75, 3.05) is 0 Å². The first kappa shape index (κ1) is 46.5. The lowest BCUT2D eigenvalue weighted by atomic mass is 9.98. The molecule has 3 nitrogen and oxygen atoms in total. The molecule has 0 aliphatic heterocycles. The van der Waals surface area contributed by atoms with Crippen molar-refractivity contribution in [2.24, 2.45) is 0 Å². The summed E-state index contributed by atoms with van der Waals surface area (Å²) in [6, 6.07) is 75.5. The standard InChI is InChI=1S/C70H67N3/c1-3-5-7-9-11-22-42-71-65-38-32-53(54-35-41-68-64(47-54)63-44-52(50-24-16-13-17-25-50)34-40-67(63)73(68)58-28-20-15-21-29-58)45-61(65)62-46-55(33-39-66(62)71)57-31-37-60-59-36-30-56(51-26-18-14-19-27-51)48-69(59)72(70(60)49-57)43-23-12-10-8-6-4-2/h13-21,24-41,44-49H,3-12,22-23,42-43H2,1-2H3. The van der Waals surface area contributed by atoms with Crippen LogP contribution in [0.4, 0.5) is 0 Å². The molecular formula is C70H67N3. The van der Waals surface area contributed by atoms with E-state index in [0.717, 1.165) is 13.1 Å². The fraction of sp³-hybridized carbons (Fsp3) is 0.229. The molecule has 0 bridgehead atoms. The van der Waals surface area contributed by atoms with Crippen LogP contribution in [0.25, 0.3) is 116 Å². The van der Waals surface area contributed by atoms with Crippen LogP contribution in [0.1, 0.15) is 90.9 Å². The smallest absolute Gasteiger partial charge is 0.0541 e. The van der Waals surface area contributed by atoms with Gasteiger partial charge in [-0.3, -0.25) is 0 Å². The topological polar surface area (TPSA) is 14.8 Å². The maximum absolute atomic E-state index is 2.63. The van der Waals surface area contributed by atoms with Crippen molar-refractivity contribution < 1.29 is 0 Å². The van der Waals surface area contributed by atoms with E-state index in [-0.39, 0.29) is 0 Å². The molecule has 3 aromatic heterocycles. The highest BCUT2D eigenvalue weighted by Crippen LogP contribution is 2.41. The molecule has 0 aliphatic rings. The Morgan fingerprint density at radius 1 is 0.247 bits per heavy atom. The number of fused-ring (bicyclic) bond motifs is 9. The molecule has 12 aromatic rings. The van der Waals surface area contributed by atoms with Crippen LogP contribution >= 0.6 is 0 Å². The van der Waals surface area contributed by atoms with Gasteiger partial charge in [-0.2, -0.15) is 0 Å². The van der Waals surface area contributed by atoms with E-state index in [1.807, 2.05) is 0 Å². The minimum atomic E-state index is 1.02. The van der Waals surface area contributed by atoms with Crippen LogP contribution in [0.2, 0.25) is 0 Å². The van der Waals surface area contributed by atoms with E-state index < -0.39 is 0 Å². The lowest BCUT2D eigenvalue weighted by Gasteiger charge is -2.10. The molecule has 362 valence electrons. The molecule has 0 saturated carbocycles. The lowest BCUT2D eigenvalue weighted by molar-refractivity contribution is 0.571. The van der Waals surface area contributed by atoms with Crippen molar-refractivity contribution in [3.63, 3.8) is 0 Å². The first-order chi connectivity index (χ1) is 36.1. The van der Waals surface area contributed by atoms with Crippen LogP contribution in [0.15, 0.2) is 200 Å². The Morgan fingerprint density at radius 2 is 0.575 bits per heavy atom. The van der Waals surface area contributed by atoms with Gasteiger partial charge in [0, 0.05) is 73.2 Å². The highest BCUT2D eigenvalue weighted by Gasteiger charge is 2.19. The third-order valence-corrected chi connectivity index (χ3v) is 15.9. The fourth-order valence-corrected chi connectivity index (χ4v) is 12.0. The van der Waals surface area contributed by atoms with E-state index in [9.17, 15) is 0 Å². The SMILES string of the molecule is CCCCCCCCn1c2ccc(-c3ccc4c(c3)c3cc(-c5ccccc5)ccc3n4-c3ccccc3)cc2c2cc(-c3ccc4c5ccc(-c6ccccc6)cc5n(CCCCCCCC)c4c3)ccc21. The van der Waals surface area contributed by atoms with E-state index in [1.165, 1.54) is 193 Å². The minimum Gasteiger partial charge on any atom is -0.340 e. The largest absolute Gasteiger partial charge is 0.340 e. The summed E-state index contributed by atoms with van der Waals surface area (Å²) in [6.07, 6.45) is 15.4. The highest BCUT2D eigenvalue weighted by molar-refractivity contribution is 6.14. The number of hydrogen-bond acceptors (Lipinski definition) is 0. The number of aryl methyl sites for hydroxylation is 2. The third kappa shape index (κ3) is 9.05. The summed E-state index contributed by atoms with van der Waals surface area (Å²) in [5, 5.41) is 7.86. The van der Waals surface area contributed by atoms with Gasteiger partial charge < -0.3 is 13.7 Å². The van der Waals surface area contributed by atoms with Crippen molar-refractivity contribution in [3.8, 4) is 50.2 Å². The van der Waals surface area contributed by atoms with Crippen LogP contribution in [0, 0.1) is 0 Å². The molecule has 0 saturated heterocycles. The molecular weight excluding hydrogens is 883 g/mol. The van der Waals surface area contributed by atoms with E-state index in [2.05, 4.69) is 228 Å². The molecule has 0 fully saturated rings. The van der Waals surface area contributed by atoms with Gasteiger partial charge in [-0.25, -0.2) is 0 Å². The molecule has 0 unspecified atom stereocenters. The maximum Gasteiger partial charge on any atom is 0.0541 e. The van der Waals surface area contributed by atoms with Gasteiger partial charge in [0.15, 0.2) is 0 Å². The highest BCUT2D eigenvalue weighted by atomic mass is 15.0. The number of benzene rings is 9. The van der Waals surface area contributed by atoms with Crippen molar-refractivity contribution >= 4 is 65.4 Å². The second-order valence-corrected chi connectivity index (χ2v) is 20.6. The van der Waals surface area contributed by atoms with Crippen LogP contribution in [0.3, 0.4) is 0 Å². The van der Waals surface area contributed by atoms with Gasteiger partial charge in [0.25, 0.3) is 0 Å². The molecule has 0 N–H and O–H groups in total. The summed E-state index contributed by atoms with van der Waals surface area (Å²) in [6.45, 7) is 6.65. The maximum atomic E-state index is 2.63. The van der Waals surface area contributed by atoms with Gasteiger partial charge in [0.05, 0.1) is 11.0 Å². The first-order valence-corrected chi connectivity index (χ1v) is 27.5. The van der Waals surface area contributed by atoms with Gasteiger partial charge in [-0.15, -0.1) is 0 Å². The normalized spacial score (nSPS) is 11.9. The number of nitrogens with zero attached hydrogens (tertiary/aromatic N) is 3. The Bertz CT molecular complexity index is 3870. The van der Waals surface area contributed by atoms with Gasteiger partial charge in [-0.1, -0.05) is 205 Å².